The number of likely N-dealkylation sites (tertiary alicyclic amines) is 1. The van der Waals surface area contributed by atoms with Gasteiger partial charge in [-0.15, -0.1) is 0 Å². The molecule has 2 aromatic heterocycles. The van der Waals surface area contributed by atoms with Crippen molar-refractivity contribution in [3.63, 3.8) is 0 Å². The van der Waals surface area contributed by atoms with Crippen molar-refractivity contribution in [1.29, 1.82) is 0 Å². The van der Waals surface area contributed by atoms with Crippen LogP contribution in [0, 0.1) is 0 Å². The van der Waals surface area contributed by atoms with Crippen LogP contribution >= 0.6 is 0 Å². The molecule has 1 saturated heterocycles. The quantitative estimate of drug-likeness (QED) is 0.729. The first kappa shape index (κ1) is 13.9. The van der Waals surface area contributed by atoms with Crippen molar-refractivity contribution >= 4 is 16.9 Å². The molecule has 3 heterocycles. The number of aromatic nitrogens is 4. The second kappa shape index (κ2) is 5.79. The number of fused-ring (bicyclic) bond motifs is 1. The molecule has 1 atom stereocenters. The number of imidazole rings is 1. The first-order valence-electron chi connectivity index (χ1n) is 7.80. The lowest BCUT2D eigenvalue weighted by atomic mass is 10.1. The predicted molar refractivity (Wildman–Crippen MR) is 85.9 cm³/mol. The van der Waals surface area contributed by atoms with Gasteiger partial charge in [-0.3, -0.25) is 9.78 Å². The average Bonchev–Trinajstić information content (AvgIpc) is 3.15. The minimum atomic E-state index is -0.0481. The van der Waals surface area contributed by atoms with E-state index in [2.05, 4.69) is 19.5 Å². The first-order chi connectivity index (χ1) is 11.3. The van der Waals surface area contributed by atoms with Crippen molar-refractivity contribution in [1.82, 2.24) is 24.4 Å². The monoisotopic (exact) mass is 307 g/mol. The zero-order chi connectivity index (χ0) is 15.6. The van der Waals surface area contributed by atoms with E-state index in [1.54, 1.807) is 12.4 Å². The Morgan fingerprint density at radius 3 is 2.91 bits per heavy atom. The van der Waals surface area contributed by atoms with Gasteiger partial charge in [0.25, 0.3) is 5.91 Å². The van der Waals surface area contributed by atoms with Gasteiger partial charge < -0.3 is 9.47 Å². The Balaban J connectivity index is 1.57. The average molecular weight is 307 g/mol. The molecule has 0 saturated carbocycles. The summed E-state index contributed by atoms with van der Waals surface area (Å²) in [4.78, 5) is 27.5. The molecule has 23 heavy (non-hydrogen) atoms. The summed E-state index contributed by atoms with van der Waals surface area (Å²) in [6.45, 7) is 1.45. The molecule has 1 aromatic carbocycles. The highest BCUT2D eigenvalue weighted by Crippen LogP contribution is 2.22. The van der Waals surface area contributed by atoms with Crippen molar-refractivity contribution in [2.75, 3.05) is 13.1 Å². The smallest absolute Gasteiger partial charge is 0.274 e. The van der Waals surface area contributed by atoms with Gasteiger partial charge in [-0.05, 0) is 25.0 Å². The van der Waals surface area contributed by atoms with Crippen molar-refractivity contribution in [2.45, 2.75) is 18.9 Å². The van der Waals surface area contributed by atoms with Crippen molar-refractivity contribution in [3.8, 4) is 0 Å². The molecular weight excluding hydrogens is 290 g/mol. The number of hydrogen-bond acceptors (Lipinski definition) is 4. The van der Waals surface area contributed by atoms with Crippen LogP contribution in [0.4, 0.5) is 0 Å². The standard InChI is InChI=1S/C17H17N5O/c23-17(16-10-19-14-5-1-2-6-15(14)20-16)21-8-3-4-13(11-21)22-9-7-18-12-22/h1-2,5-7,9-10,12-13H,3-4,8,11H2/t13-/m0/s1. The zero-order valence-corrected chi connectivity index (χ0v) is 12.7. The SMILES string of the molecule is O=C(c1cnc2ccccc2n1)N1CCC[C@H](n2ccnc2)C1. The summed E-state index contributed by atoms with van der Waals surface area (Å²) in [6.07, 6.45) is 9.16. The summed E-state index contributed by atoms with van der Waals surface area (Å²) in [5.41, 5.74) is 1.97. The molecule has 1 amide bonds. The molecule has 0 unspecified atom stereocenters. The molecule has 4 rings (SSSR count). The van der Waals surface area contributed by atoms with Crippen LogP contribution in [0.15, 0.2) is 49.2 Å². The largest absolute Gasteiger partial charge is 0.335 e. The van der Waals surface area contributed by atoms with E-state index < -0.39 is 0 Å². The van der Waals surface area contributed by atoms with Crippen LogP contribution in [0.1, 0.15) is 29.4 Å². The second-order valence-corrected chi connectivity index (χ2v) is 5.80. The van der Waals surface area contributed by atoms with Gasteiger partial charge in [0.2, 0.25) is 0 Å². The molecule has 6 nitrogen and oxygen atoms in total. The maximum Gasteiger partial charge on any atom is 0.274 e. The molecular formula is C17H17N5O. The molecule has 1 aliphatic rings. The minimum absolute atomic E-state index is 0.0481. The molecule has 6 heteroatoms. The van der Waals surface area contributed by atoms with E-state index in [0.717, 1.165) is 30.4 Å². The normalized spacial score (nSPS) is 18.3. The van der Waals surface area contributed by atoms with E-state index in [1.165, 1.54) is 0 Å². The highest BCUT2D eigenvalue weighted by molar-refractivity contribution is 5.93. The van der Waals surface area contributed by atoms with Gasteiger partial charge in [0.1, 0.15) is 5.69 Å². The van der Waals surface area contributed by atoms with E-state index in [-0.39, 0.29) is 11.9 Å². The Labute approximate surface area is 133 Å². The number of para-hydroxylation sites is 2. The van der Waals surface area contributed by atoms with Crippen molar-refractivity contribution in [2.24, 2.45) is 0 Å². The van der Waals surface area contributed by atoms with Crippen molar-refractivity contribution in [3.05, 3.63) is 54.9 Å². The molecule has 0 bridgehead atoms. The Bertz CT molecular complexity index is 830. The van der Waals surface area contributed by atoms with E-state index >= 15 is 0 Å². The summed E-state index contributed by atoms with van der Waals surface area (Å²) in [6, 6.07) is 7.87. The fraction of sp³-hybridized carbons (Fsp3) is 0.294. The minimum Gasteiger partial charge on any atom is -0.335 e. The molecule has 0 aliphatic carbocycles. The fourth-order valence-corrected chi connectivity index (χ4v) is 3.09. The van der Waals surface area contributed by atoms with Gasteiger partial charge in [-0.1, -0.05) is 12.1 Å². The molecule has 116 valence electrons. The lowest BCUT2D eigenvalue weighted by Crippen LogP contribution is -2.40. The van der Waals surface area contributed by atoms with Crippen LogP contribution in [0.5, 0.6) is 0 Å². The predicted octanol–water partition coefficient (Wildman–Crippen LogP) is 2.30. The lowest BCUT2D eigenvalue weighted by molar-refractivity contribution is 0.0673. The zero-order valence-electron chi connectivity index (χ0n) is 12.7. The topological polar surface area (TPSA) is 63.9 Å². The van der Waals surface area contributed by atoms with Gasteiger partial charge in [0, 0.05) is 25.5 Å². The summed E-state index contributed by atoms with van der Waals surface area (Å²) in [5, 5.41) is 0. The maximum absolute atomic E-state index is 12.8. The van der Waals surface area contributed by atoms with Gasteiger partial charge in [-0.2, -0.15) is 0 Å². The van der Waals surface area contributed by atoms with Crippen molar-refractivity contribution < 1.29 is 4.79 Å². The van der Waals surface area contributed by atoms with Crippen LogP contribution in [0.2, 0.25) is 0 Å². The molecule has 3 aromatic rings. The van der Waals surface area contributed by atoms with Crippen LogP contribution in [0.3, 0.4) is 0 Å². The van der Waals surface area contributed by atoms with Gasteiger partial charge in [-0.25, -0.2) is 9.97 Å². The fourth-order valence-electron chi connectivity index (χ4n) is 3.09. The maximum atomic E-state index is 12.8. The third-order valence-electron chi connectivity index (χ3n) is 4.30. The Morgan fingerprint density at radius 2 is 2.09 bits per heavy atom. The highest BCUT2D eigenvalue weighted by Gasteiger charge is 2.26. The summed E-state index contributed by atoms with van der Waals surface area (Å²) < 4.78 is 2.07. The van der Waals surface area contributed by atoms with E-state index in [0.29, 0.717) is 12.2 Å². The van der Waals surface area contributed by atoms with Crippen LogP contribution in [0.25, 0.3) is 11.0 Å². The van der Waals surface area contributed by atoms with Crippen LogP contribution in [-0.4, -0.2) is 43.4 Å². The molecule has 0 radical (unpaired) electrons. The molecule has 0 spiro atoms. The number of nitrogens with zero attached hydrogens (tertiary/aromatic N) is 5. The van der Waals surface area contributed by atoms with Gasteiger partial charge in [0.15, 0.2) is 0 Å². The van der Waals surface area contributed by atoms with Gasteiger partial charge in [0.05, 0.1) is 29.6 Å². The van der Waals surface area contributed by atoms with E-state index in [1.807, 2.05) is 41.7 Å². The number of carbonyl (C=O) groups is 1. The summed E-state index contributed by atoms with van der Waals surface area (Å²) in [5.74, 6) is -0.0481. The third-order valence-corrected chi connectivity index (χ3v) is 4.30. The number of hydrogen-bond donors (Lipinski definition) is 0. The molecule has 0 N–H and O–H groups in total. The summed E-state index contributed by atoms with van der Waals surface area (Å²) in [7, 11) is 0. The number of benzene rings is 1. The molecule has 1 fully saturated rings. The number of carbonyl (C=O) groups excluding carboxylic acids is 1. The Kier molecular flexibility index (Phi) is 3.49. The highest BCUT2D eigenvalue weighted by atomic mass is 16.2. The molecule has 1 aliphatic heterocycles. The number of amides is 1. The Morgan fingerprint density at radius 1 is 1.22 bits per heavy atom. The van der Waals surface area contributed by atoms with Crippen LogP contribution < -0.4 is 0 Å². The lowest BCUT2D eigenvalue weighted by Gasteiger charge is -2.33. The first-order valence-corrected chi connectivity index (χ1v) is 7.80. The Hall–Kier alpha value is -2.76. The van der Waals surface area contributed by atoms with E-state index in [9.17, 15) is 4.79 Å². The third kappa shape index (κ3) is 2.67. The van der Waals surface area contributed by atoms with Gasteiger partial charge >= 0.3 is 0 Å². The summed E-state index contributed by atoms with van der Waals surface area (Å²) >= 11 is 0. The number of piperidine rings is 1. The van der Waals surface area contributed by atoms with Crippen LogP contribution in [-0.2, 0) is 0 Å². The number of rotatable bonds is 2. The second-order valence-electron chi connectivity index (χ2n) is 5.80. The van der Waals surface area contributed by atoms with E-state index in [4.69, 9.17) is 0 Å².